The van der Waals surface area contributed by atoms with Gasteiger partial charge < -0.3 is 0 Å². The van der Waals surface area contributed by atoms with Crippen LogP contribution in [0.1, 0.15) is 55.0 Å². The van der Waals surface area contributed by atoms with Crippen LogP contribution in [0.4, 0.5) is 0 Å². The first-order valence-electron chi connectivity index (χ1n) is 8.16. The van der Waals surface area contributed by atoms with Crippen molar-refractivity contribution >= 4 is 0 Å². The fraction of sp³-hybridized carbons (Fsp3) is 0.588. The highest BCUT2D eigenvalue weighted by atomic mass is 15.3. The molecule has 0 fully saturated rings. The summed E-state index contributed by atoms with van der Waals surface area (Å²) in [6.45, 7) is 12.4. The number of nitrogens with zero attached hydrogens (tertiary/aromatic N) is 5. The van der Waals surface area contributed by atoms with Crippen LogP contribution in [0.15, 0.2) is 12.4 Å². The summed E-state index contributed by atoms with van der Waals surface area (Å²) in [5, 5.41) is 4.44. The third-order valence-corrected chi connectivity index (χ3v) is 4.45. The van der Waals surface area contributed by atoms with E-state index < -0.39 is 0 Å². The van der Waals surface area contributed by atoms with Gasteiger partial charge in [0.05, 0.1) is 6.20 Å². The van der Waals surface area contributed by atoms with Gasteiger partial charge in [-0.15, -0.1) is 0 Å². The molecule has 5 nitrogen and oxygen atoms in total. The molecule has 0 aliphatic carbocycles. The van der Waals surface area contributed by atoms with Gasteiger partial charge in [-0.05, 0) is 13.8 Å². The maximum atomic E-state index is 4.73. The van der Waals surface area contributed by atoms with E-state index in [2.05, 4.69) is 47.4 Å². The van der Waals surface area contributed by atoms with Crippen molar-refractivity contribution in [2.75, 3.05) is 6.54 Å². The van der Waals surface area contributed by atoms with Crippen molar-refractivity contribution in [3.05, 3.63) is 40.7 Å². The van der Waals surface area contributed by atoms with Crippen molar-refractivity contribution in [3.8, 4) is 0 Å². The minimum atomic E-state index is 0.394. The van der Waals surface area contributed by atoms with Gasteiger partial charge in [0.15, 0.2) is 0 Å². The summed E-state index contributed by atoms with van der Waals surface area (Å²) in [7, 11) is 0. The Bertz CT molecular complexity index is 659. The first kappa shape index (κ1) is 15.2. The van der Waals surface area contributed by atoms with E-state index in [9.17, 15) is 0 Å². The molecule has 0 bridgehead atoms. The van der Waals surface area contributed by atoms with Gasteiger partial charge in [-0.2, -0.15) is 5.10 Å². The SMILES string of the molecule is CCn1ncc(CN2CCc3nc(C(C)C)ncc3C2)c1C. The molecule has 2 aromatic rings. The Morgan fingerprint density at radius 1 is 1.27 bits per heavy atom. The predicted octanol–water partition coefficient (Wildman–Crippen LogP) is 2.68. The zero-order chi connectivity index (χ0) is 15.7. The molecule has 1 aliphatic rings. The number of rotatable bonds is 4. The molecule has 118 valence electrons. The largest absolute Gasteiger partial charge is 0.294 e. The van der Waals surface area contributed by atoms with Crippen LogP contribution in [0.5, 0.6) is 0 Å². The van der Waals surface area contributed by atoms with E-state index in [4.69, 9.17) is 4.98 Å². The Hall–Kier alpha value is -1.75. The fourth-order valence-corrected chi connectivity index (χ4v) is 3.00. The average Bonchev–Trinajstić information content (AvgIpc) is 2.87. The molecule has 0 unspecified atom stereocenters. The van der Waals surface area contributed by atoms with Gasteiger partial charge in [-0.3, -0.25) is 9.58 Å². The fourth-order valence-electron chi connectivity index (χ4n) is 3.00. The van der Waals surface area contributed by atoms with E-state index in [1.54, 1.807) is 0 Å². The second-order valence-electron chi connectivity index (χ2n) is 6.39. The molecule has 1 aliphatic heterocycles. The quantitative estimate of drug-likeness (QED) is 0.871. The maximum Gasteiger partial charge on any atom is 0.131 e. The monoisotopic (exact) mass is 299 g/mol. The van der Waals surface area contributed by atoms with Gasteiger partial charge >= 0.3 is 0 Å². The third kappa shape index (κ3) is 2.90. The molecule has 0 saturated heterocycles. The lowest BCUT2D eigenvalue weighted by Crippen LogP contribution is -2.31. The zero-order valence-corrected chi connectivity index (χ0v) is 14.0. The molecule has 22 heavy (non-hydrogen) atoms. The molecule has 3 rings (SSSR count). The summed E-state index contributed by atoms with van der Waals surface area (Å²) >= 11 is 0. The molecule has 2 aromatic heterocycles. The van der Waals surface area contributed by atoms with Crippen molar-refractivity contribution in [1.82, 2.24) is 24.6 Å². The highest BCUT2D eigenvalue weighted by Gasteiger charge is 2.20. The molecule has 0 amide bonds. The Morgan fingerprint density at radius 3 is 2.77 bits per heavy atom. The lowest BCUT2D eigenvalue weighted by atomic mass is 10.1. The van der Waals surface area contributed by atoms with Crippen LogP contribution >= 0.6 is 0 Å². The van der Waals surface area contributed by atoms with Gasteiger partial charge in [-0.25, -0.2) is 9.97 Å². The first-order valence-corrected chi connectivity index (χ1v) is 8.16. The van der Waals surface area contributed by atoms with E-state index in [1.807, 2.05) is 12.4 Å². The summed E-state index contributed by atoms with van der Waals surface area (Å²) in [5.41, 5.74) is 5.11. The molecule has 3 heterocycles. The lowest BCUT2D eigenvalue weighted by Gasteiger charge is -2.28. The molecular weight excluding hydrogens is 274 g/mol. The van der Waals surface area contributed by atoms with Crippen molar-refractivity contribution in [2.24, 2.45) is 0 Å². The molecule has 0 spiro atoms. The van der Waals surface area contributed by atoms with Crippen LogP contribution in [-0.4, -0.2) is 31.2 Å². The molecule has 0 aromatic carbocycles. The van der Waals surface area contributed by atoms with E-state index in [0.29, 0.717) is 5.92 Å². The van der Waals surface area contributed by atoms with Gasteiger partial charge in [0.25, 0.3) is 0 Å². The van der Waals surface area contributed by atoms with Gasteiger partial charge in [0.1, 0.15) is 5.82 Å². The highest BCUT2D eigenvalue weighted by Crippen LogP contribution is 2.21. The Morgan fingerprint density at radius 2 is 2.09 bits per heavy atom. The van der Waals surface area contributed by atoms with Crippen molar-refractivity contribution in [2.45, 2.75) is 59.7 Å². The molecular formula is C17H25N5. The van der Waals surface area contributed by atoms with E-state index in [-0.39, 0.29) is 0 Å². The zero-order valence-electron chi connectivity index (χ0n) is 14.0. The molecule has 0 saturated carbocycles. The highest BCUT2D eigenvalue weighted by molar-refractivity contribution is 5.22. The Labute approximate surface area is 132 Å². The minimum Gasteiger partial charge on any atom is -0.294 e. The smallest absolute Gasteiger partial charge is 0.131 e. The van der Waals surface area contributed by atoms with Gasteiger partial charge in [0, 0.05) is 67.2 Å². The molecule has 0 radical (unpaired) electrons. The topological polar surface area (TPSA) is 46.8 Å². The second kappa shape index (κ2) is 6.16. The number of fused-ring (bicyclic) bond motifs is 1. The lowest BCUT2D eigenvalue weighted by molar-refractivity contribution is 0.242. The van der Waals surface area contributed by atoms with Crippen LogP contribution in [0, 0.1) is 6.92 Å². The molecule has 0 atom stereocenters. The van der Waals surface area contributed by atoms with Crippen LogP contribution in [0.25, 0.3) is 0 Å². The molecule has 5 heteroatoms. The molecule has 0 N–H and O–H groups in total. The van der Waals surface area contributed by atoms with E-state index in [0.717, 1.165) is 38.4 Å². The number of hydrogen-bond acceptors (Lipinski definition) is 4. The van der Waals surface area contributed by atoms with Crippen LogP contribution in [-0.2, 0) is 26.1 Å². The third-order valence-electron chi connectivity index (χ3n) is 4.45. The van der Waals surface area contributed by atoms with Crippen molar-refractivity contribution < 1.29 is 0 Å². The van der Waals surface area contributed by atoms with Crippen LogP contribution in [0.2, 0.25) is 0 Å². The standard InChI is InChI=1S/C17H25N5/c1-5-22-13(4)14(9-19-22)10-21-7-6-16-15(11-21)8-18-17(20-16)12(2)3/h8-9,12H,5-7,10-11H2,1-4H3. The van der Waals surface area contributed by atoms with Crippen LogP contribution in [0.3, 0.4) is 0 Å². The first-order chi connectivity index (χ1) is 10.6. The summed E-state index contributed by atoms with van der Waals surface area (Å²) in [5.74, 6) is 1.36. The van der Waals surface area contributed by atoms with Crippen molar-refractivity contribution in [3.63, 3.8) is 0 Å². The van der Waals surface area contributed by atoms with Crippen molar-refractivity contribution in [1.29, 1.82) is 0 Å². The number of hydrogen-bond donors (Lipinski definition) is 0. The summed E-state index contributed by atoms with van der Waals surface area (Å²) in [6.07, 6.45) is 5.04. The maximum absolute atomic E-state index is 4.73. The van der Waals surface area contributed by atoms with Crippen LogP contribution < -0.4 is 0 Å². The normalized spacial score (nSPS) is 15.3. The summed E-state index contributed by atoms with van der Waals surface area (Å²) < 4.78 is 2.06. The number of aromatic nitrogens is 4. The summed E-state index contributed by atoms with van der Waals surface area (Å²) in [4.78, 5) is 11.7. The summed E-state index contributed by atoms with van der Waals surface area (Å²) in [6, 6.07) is 0. The number of aryl methyl sites for hydroxylation is 1. The minimum absolute atomic E-state index is 0.394. The predicted molar refractivity (Wildman–Crippen MR) is 86.6 cm³/mol. The Balaban J connectivity index is 1.73. The van der Waals surface area contributed by atoms with E-state index >= 15 is 0 Å². The van der Waals surface area contributed by atoms with E-state index in [1.165, 1.54) is 22.5 Å². The average molecular weight is 299 g/mol. The Kier molecular flexibility index (Phi) is 4.25. The van der Waals surface area contributed by atoms with Gasteiger partial charge in [-0.1, -0.05) is 13.8 Å². The second-order valence-corrected chi connectivity index (χ2v) is 6.39. The van der Waals surface area contributed by atoms with Gasteiger partial charge in [0.2, 0.25) is 0 Å².